The Labute approximate surface area is 145 Å². The van der Waals surface area contributed by atoms with E-state index in [1.54, 1.807) is 0 Å². The molecule has 4 nitrogen and oxygen atoms in total. The Balaban J connectivity index is 1.91. The predicted octanol–water partition coefficient (Wildman–Crippen LogP) is 3.62. The van der Waals surface area contributed by atoms with E-state index in [9.17, 15) is 9.59 Å². The molecule has 1 aromatic rings. The number of hydrogen-bond acceptors (Lipinski definition) is 5. The fourth-order valence-corrected chi connectivity index (χ4v) is 3.31. The second-order valence-corrected chi connectivity index (χ2v) is 6.74. The number of thiocarbonyl (C=S) groups is 1. The summed E-state index contributed by atoms with van der Waals surface area (Å²) in [6, 6.07) is 9.61. The third kappa shape index (κ3) is 5.18. The van der Waals surface area contributed by atoms with Crippen molar-refractivity contribution in [2.24, 2.45) is 0 Å². The molecule has 6 heteroatoms. The van der Waals surface area contributed by atoms with Gasteiger partial charge in [-0.05, 0) is 18.1 Å². The molecule has 23 heavy (non-hydrogen) atoms. The first-order chi connectivity index (χ1) is 11.1. The van der Waals surface area contributed by atoms with E-state index < -0.39 is 0 Å². The number of esters is 1. The predicted molar refractivity (Wildman–Crippen MR) is 96.8 cm³/mol. The van der Waals surface area contributed by atoms with Crippen LogP contribution in [0.2, 0.25) is 0 Å². The lowest BCUT2D eigenvalue weighted by molar-refractivity contribution is -0.144. The van der Waals surface area contributed by atoms with Crippen molar-refractivity contribution in [1.29, 1.82) is 0 Å². The van der Waals surface area contributed by atoms with E-state index in [-0.39, 0.29) is 24.8 Å². The maximum absolute atomic E-state index is 12.4. The van der Waals surface area contributed by atoms with Gasteiger partial charge in [0.2, 0.25) is 0 Å². The number of benzene rings is 1. The summed E-state index contributed by atoms with van der Waals surface area (Å²) in [5, 5.41) is 0. The van der Waals surface area contributed by atoms with E-state index in [0.717, 1.165) is 18.4 Å². The summed E-state index contributed by atoms with van der Waals surface area (Å²) in [7, 11) is 0. The largest absolute Gasteiger partial charge is 0.466 e. The average molecular weight is 349 g/mol. The summed E-state index contributed by atoms with van der Waals surface area (Å²) in [6.45, 7) is 2.73. The number of carbonyl (C=O) groups is 2. The number of rotatable bonds is 7. The lowest BCUT2D eigenvalue weighted by atomic mass is 10.2. The van der Waals surface area contributed by atoms with Crippen LogP contribution in [0.1, 0.15) is 31.7 Å². The summed E-state index contributed by atoms with van der Waals surface area (Å²) in [6.07, 6.45) is 3.81. The number of nitrogens with zero attached hydrogens (tertiary/aromatic N) is 1. The van der Waals surface area contributed by atoms with Crippen LogP contribution in [0.25, 0.3) is 6.08 Å². The fourth-order valence-electron chi connectivity index (χ4n) is 2.00. The molecule has 1 aliphatic rings. The van der Waals surface area contributed by atoms with Crippen molar-refractivity contribution >= 4 is 46.3 Å². The minimum absolute atomic E-state index is 0.148. The third-order valence-electron chi connectivity index (χ3n) is 3.27. The molecule has 0 aromatic heterocycles. The van der Waals surface area contributed by atoms with Crippen LogP contribution in [0.15, 0.2) is 35.2 Å². The van der Waals surface area contributed by atoms with E-state index in [1.807, 2.05) is 43.3 Å². The normalized spacial score (nSPS) is 16.2. The molecule has 1 heterocycles. The Morgan fingerprint density at radius 1 is 1.35 bits per heavy atom. The molecule has 1 fully saturated rings. The van der Waals surface area contributed by atoms with Crippen LogP contribution in [-0.4, -0.2) is 34.2 Å². The molecule has 2 rings (SSSR count). The van der Waals surface area contributed by atoms with E-state index >= 15 is 0 Å². The molecular weight excluding hydrogens is 330 g/mol. The number of amides is 1. The zero-order chi connectivity index (χ0) is 16.7. The third-order valence-corrected chi connectivity index (χ3v) is 4.65. The van der Waals surface area contributed by atoms with E-state index in [2.05, 4.69) is 0 Å². The van der Waals surface area contributed by atoms with Gasteiger partial charge >= 0.3 is 5.97 Å². The van der Waals surface area contributed by atoms with Crippen LogP contribution < -0.4 is 0 Å². The summed E-state index contributed by atoms with van der Waals surface area (Å²) in [5.41, 5.74) is 0.951. The van der Waals surface area contributed by atoms with Crippen molar-refractivity contribution < 1.29 is 14.3 Å². The minimum atomic E-state index is -0.292. The lowest BCUT2D eigenvalue weighted by Gasteiger charge is -2.13. The van der Waals surface area contributed by atoms with Gasteiger partial charge in [-0.3, -0.25) is 14.5 Å². The highest BCUT2D eigenvalue weighted by molar-refractivity contribution is 8.26. The van der Waals surface area contributed by atoms with Gasteiger partial charge in [-0.1, -0.05) is 67.7 Å². The highest BCUT2D eigenvalue weighted by Gasteiger charge is 2.32. The molecular formula is C17H19NO3S2. The number of hydrogen-bond donors (Lipinski definition) is 0. The topological polar surface area (TPSA) is 46.6 Å². The molecule has 0 saturated carbocycles. The van der Waals surface area contributed by atoms with Crippen molar-refractivity contribution in [3.05, 3.63) is 40.8 Å². The summed E-state index contributed by atoms with van der Waals surface area (Å²) in [5.74, 6) is -0.440. The van der Waals surface area contributed by atoms with Gasteiger partial charge in [0.25, 0.3) is 5.91 Å². The molecule has 0 spiro atoms. The first-order valence-electron chi connectivity index (χ1n) is 7.58. The second-order valence-electron chi connectivity index (χ2n) is 5.07. The monoisotopic (exact) mass is 349 g/mol. The van der Waals surface area contributed by atoms with E-state index in [1.165, 1.54) is 16.7 Å². The van der Waals surface area contributed by atoms with Crippen molar-refractivity contribution in [2.75, 3.05) is 13.2 Å². The van der Waals surface area contributed by atoms with Gasteiger partial charge < -0.3 is 4.74 Å². The number of ether oxygens (including phenoxy) is 1. The van der Waals surface area contributed by atoms with Crippen LogP contribution in [0.3, 0.4) is 0 Å². The maximum Gasteiger partial charge on any atom is 0.307 e. The summed E-state index contributed by atoms with van der Waals surface area (Å²) >= 11 is 6.51. The molecule has 1 amide bonds. The molecule has 1 aromatic carbocycles. The summed E-state index contributed by atoms with van der Waals surface area (Å²) < 4.78 is 5.58. The van der Waals surface area contributed by atoms with Gasteiger partial charge in [-0.15, -0.1) is 0 Å². The highest BCUT2D eigenvalue weighted by atomic mass is 32.2. The van der Waals surface area contributed by atoms with Crippen molar-refractivity contribution in [3.8, 4) is 0 Å². The standard InChI is InChI=1S/C17H19NO3S2/c1-2-3-11-21-15(19)9-10-18-16(20)14(23-17(18)22)12-13-7-5-4-6-8-13/h4-8,12H,2-3,9-11H2,1H3/b14-12+. The zero-order valence-electron chi connectivity index (χ0n) is 13.0. The van der Waals surface area contributed by atoms with Gasteiger partial charge in [0.15, 0.2) is 0 Å². The van der Waals surface area contributed by atoms with Crippen LogP contribution >= 0.6 is 24.0 Å². The first kappa shape index (κ1) is 17.7. The van der Waals surface area contributed by atoms with Crippen LogP contribution in [0.5, 0.6) is 0 Å². The number of carbonyl (C=O) groups excluding carboxylic acids is 2. The molecule has 0 N–H and O–H groups in total. The highest BCUT2D eigenvalue weighted by Crippen LogP contribution is 2.32. The lowest BCUT2D eigenvalue weighted by Crippen LogP contribution is -2.30. The maximum atomic E-state index is 12.4. The Morgan fingerprint density at radius 3 is 2.78 bits per heavy atom. The Bertz CT molecular complexity index is 614. The molecule has 0 unspecified atom stereocenters. The zero-order valence-corrected chi connectivity index (χ0v) is 14.6. The molecule has 0 bridgehead atoms. The summed E-state index contributed by atoms with van der Waals surface area (Å²) in [4.78, 5) is 26.1. The fraction of sp³-hybridized carbons (Fsp3) is 0.353. The second kappa shape index (κ2) is 8.84. The van der Waals surface area contributed by atoms with Crippen molar-refractivity contribution in [2.45, 2.75) is 26.2 Å². The number of unbranched alkanes of at least 4 members (excludes halogenated alkanes) is 1. The van der Waals surface area contributed by atoms with Gasteiger partial charge in [0.1, 0.15) is 4.32 Å². The van der Waals surface area contributed by atoms with Gasteiger partial charge in [0.05, 0.1) is 17.9 Å². The van der Waals surface area contributed by atoms with E-state index in [4.69, 9.17) is 17.0 Å². The van der Waals surface area contributed by atoms with Gasteiger partial charge in [-0.25, -0.2) is 0 Å². The number of thioether (sulfide) groups is 1. The molecule has 0 aliphatic carbocycles. The van der Waals surface area contributed by atoms with Gasteiger partial charge in [0, 0.05) is 6.54 Å². The minimum Gasteiger partial charge on any atom is -0.466 e. The Morgan fingerprint density at radius 2 is 2.09 bits per heavy atom. The first-order valence-corrected chi connectivity index (χ1v) is 8.80. The molecule has 0 radical (unpaired) electrons. The SMILES string of the molecule is CCCCOC(=O)CCN1C(=O)/C(=C\c2ccccc2)SC1=S. The Hall–Kier alpha value is -1.66. The van der Waals surface area contributed by atoms with Crippen molar-refractivity contribution in [1.82, 2.24) is 4.90 Å². The molecule has 1 saturated heterocycles. The van der Waals surface area contributed by atoms with Crippen molar-refractivity contribution in [3.63, 3.8) is 0 Å². The molecule has 1 aliphatic heterocycles. The van der Waals surface area contributed by atoms with Crippen LogP contribution in [-0.2, 0) is 14.3 Å². The van der Waals surface area contributed by atoms with Gasteiger partial charge in [-0.2, -0.15) is 0 Å². The Kier molecular flexibility index (Phi) is 6.80. The molecule has 0 atom stereocenters. The van der Waals surface area contributed by atoms with Crippen LogP contribution in [0, 0.1) is 0 Å². The smallest absolute Gasteiger partial charge is 0.307 e. The van der Waals surface area contributed by atoms with Crippen LogP contribution in [0.4, 0.5) is 0 Å². The quantitative estimate of drug-likeness (QED) is 0.326. The molecule has 122 valence electrons. The van der Waals surface area contributed by atoms with E-state index in [0.29, 0.717) is 15.8 Å². The average Bonchev–Trinajstić information content (AvgIpc) is 2.80.